The van der Waals surface area contributed by atoms with Crippen LogP contribution in [0.4, 0.5) is 5.69 Å². The number of fused-ring (bicyclic) bond motifs is 8. The molecule has 77 heavy (non-hydrogen) atoms. The van der Waals surface area contributed by atoms with Gasteiger partial charge in [0.25, 0.3) is 0 Å². The monoisotopic (exact) mass is 1020 g/mol. The molecule has 0 amide bonds. The Balaban J connectivity index is 0.894. The minimum Gasteiger partial charge on any atom is -0.399 e. The van der Waals surface area contributed by atoms with Crippen molar-refractivity contribution in [1.82, 2.24) is 14.5 Å². The molecule has 1 aliphatic rings. The number of nitriles is 1. The number of thiophene rings is 2. The lowest BCUT2D eigenvalue weighted by atomic mass is 9.92. The summed E-state index contributed by atoms with van der Waals surface area (Å²) in [6.07, 6.45) is 6.15. The summed E-state index contributed by atoms with van der Waals surface area (Å²) in [5, 5.41) is 20.4. The van der Waals surface area contributed by atoms with Gasteiger partial charge >= 0.3 is 0 Å². The first-order chi connectivity index (χ1) is 37.9. The number of aromatic nitrogens is 2. The van der Waals surface area contributed by atoms with Crippen molar-refractivity contribution in [2.45, 2.75) is 6.17 Å². The van der Waals surface area contributed by atoms with E-state index in [4.69, 9.17) is 10.7 Å². The van der Waals surface area contributed by atoms with Gasteiger partial charge in [0.15, 0.2) is 0 Å². The third-order valence-corrected chi connectivity index (χ3v) is 17.5. The smallest absolute Gasteiger partial charge is 0.145 e. The third kappa shape index (κ3) is 7.88. The van der Waals surface area contributed by atoms with E-state index in [-0.39, 0.29) is 6.17 Å². The highest BCUT2D eigenvalue weighted by Gasteiger charge is 2.22. The summed E-state index contributed by atoms with van der Waals surface area (Å²) in [5.41, 5.74) is 24.0. The molecule has 1 atom stereocenters. The minimum atomic E-state index is -0.307. The maximum absolute atomic E-state index is 9.58. The number of hydrogen-bond donors (Lipinski definition) is 2. The standard InChI is InChI=1S/C69H44N6S2/c70-41-42-11-21-63-49(31-42)27-29-74(63)55-19-25-67-59(38-55)57-36-47(16-23-65(57)76-67)51-32-52(48-17-24-66-58(37-48)60-39-56(20-26-68(60)77-66)75-30-28-50-35-54(71)18-22-64(50)75)34-53(33-51)62-40-61(72-69(73-62)46-9-5-2-6-10-46)45-14-12-44(13-15-45)43-7-3-1-4-8-43/h1-40,69,72H,71H2. The Morgan fingerprint density at radius 2 is 0.948 bits per heavy atom. The fourth-order valence-corrected chi connectivity index (χ4v) is 13.4. The van der Waals surface area contributed by atoms with Gasteiger partial charge in [0.05, 0.1) is 28.4 Å². The van der Waals surface area contributed by atoms with Gasteiger partial charge in [0.1, 0.15) is 6.17 Å². The average Bonchev–Trinajstić information content (AvgIpc) is 4.29. The maximum Gasteiger partial charge on any atom is 0.145 e. The Morgan fingerprint density at radius 3 is 1.56 bits per heavy atom. The second kappa shape index (κ2) is 18.0. The predicted molar refractivity (Wildman–Crippen MR) is 325 cm³/mol. The van der Waals surface area contributed by atoms with Gasteiger partial charge in [-0.2, -0.15) is 5.26 Å². The highest BCUT2D eigenvalue weighted by atomic mass is 32.1. The molecular weight excluding hydrogens is 977 g/mol. The fraction of sp³-hybridized carbons (Fsp3) is 0.0145. The molecule has 0 spiro atoms. The van der Waals surface area contributed by atoms with E-state index in [1.54, 1.807) is 0 Å². The average molecular weight is 1020 g/mol. The zero-order chi connectivity index (χ0) is 51.1. The Morgan fingerprint density at radius 1 is 0.442 bits per heavy atom. The van der Waals surface area contributed by atoms with Crippen molar-refractivity contribution < 1.29 is 0 Å². The number of allylic oxidation sites excluding steroid dienone is 1. The third-order valence-electron chi connectivity index (χ3n) is 15.2. The van der Waals surface area contributed by atoms with E-state index >= 15 is 0 Å². The first-order valence-corrected chi connectivity index (χ1v) is 27.3. The van der Waals surface area contributed by atoms with Crippen LogP contribution >= 0.6 is 22.7 Å². The topological polar surface area (TPSA) is 84.1 Å². The largest absolute Gasteiger partial charge is 0.399 e. The highest BCUT2D eigenvalue weighted by Crippen LogP contribution is 2.42. The van der Waals surface area contributed by atoms with E-state index in [1.807, 2.05) is 53.0 Å². The van der Waals surface area contributed by atoms with Gasteiger partial charge in [-0.15, -0.1) is 22.7 Å². The number of anilines is 1. The number of nitrogens with two attached hydrogens (primary N) is 1. The normalized spacial score (nSPS) is 13.6. The molecule has 1 aliphatic heterocycles. The van der Waals surface area contributed by atoms with Gasteiger partial charge in [-0.25, -0.2) is 0 Å². The van der Waals surface area contributed by atoms with Crippen molar-refractivity contribution in [1.29, 1.82) is 5.26 Å². The van der Waals surface area contributed by atoms with Crippen LogP contribution < -0.4 is 11.1 Å². The summed E-state index contributed by atoms with van der Waals surface area (Å²) in [6, 6.07) is 82.8. The Hall–Kier alpha value is -9.78. The summed E-state index contributed by atoms with van der Waals surface area (Å²) in [5.74, 6) is 0. The molecule has 0 bridgehead atoms. The lowest BCUT2D eigenvalue weighted by molar-refractivity contribution is 0.664. The summed E-state index contributed by atoms with van der Waals surface area (Å²) in [4.78, 5) is 5.53. The van der Waals surface area contributed by atoms with E-state index in [9.17, 15) is 5.26 Å². The number of nitrogen functional groups attached to an aromatic ring is 1. The van der Waals surface area contributed by atoms with Crippen molar-refractivity contribution in [2.75, 3.05) is 5.73 Å². The van der Waals surface area contributed by atoms with Crippen molar-refractivity contribution in [2.24, 2.45) is 4.99 Å². The first-order valence-electron chi connectivity index (χ1n) is 25.7. The molecule has 0 fully saturated rings. The second-order valence-electron chi connectivity index (χ2n) is 19.8. The summed E-state index contributed by atoms with van der Waals surface area (Å²) < 4.78 is 9.43. The van der Waals surface area contributed by atoms with Crippen molar-refractivity contribution in [3.8, 4) is 50.8 Å². The van der Waals surface area contributed by atoms with E-state index in [2.05, 4.69) is 233 Å². The molecule has 8 heteroatoms. The molecule has 362 valence electrons. The molecule has 15 rings (SSSR count). The highest BCUT2D eigenvalue weighted by molar-refractivity contribution is 7.26. The van der Waals surface area contributed by atoms with Crippen LogP contribution in [0.2, 0.25) is 0 Å². The minimum absolute atomic E-state index is 0.307. The molecule has 0 saturated heterocycles. The van der Waals surface area contributed by atoms with Crippen LogP contribution in [-0.4, -0.2) is 14.8 Å². The summed E-state index contributed by atoms with van der Waals surface area (Å²) >= 11 is 3.65. The van der Waals surface area contributed by atoms with Gasteiger partial charge in [0, 0.05) is 91.8 Å². The first kappa shape index (κ1) is 44.7. The van der Waals surface area contributed by atoms with Gasteiger partial charge in [-0.05, 0) is 178 Å². The van der Waals surface area contributed by atoms with Crippen LogP contribution in [0.3, 0.4) is 0 Å². The predicted octanol–water partition coefficient (Wildman–Crippen LogP) is 17.9. The fourth-order valence-electron chi connectivity index (χ4n) is 11.2. The molecule has 14 aromatic rings. The number of nitrogens with one attached hydrogen (secondary N) is 1. The van der Waals surface area contributed by atoms with Gasteiger partial charge in [0.2, 0.25) is 0 Å². The van der Waals surface area contributed by atoms with Crippen LogP contribution in [-0.2, 0) is 0 Å². The van der Waals surface area contributed by atoms with Crippen LogP contribution in [0.5, 0.6) is 0 Å². The van der Waals surface area contributed by atoms with Crippen LogP contribution in [0.25, 0.3) is 113 Å². The van der Waals surface area contributed by atoms with Crippen molar-refractivity contribution in [3.05, 3.63) is 265 Å². The molecule has 0 radical (unpaired) electrons. The molecular formula is C69H44N6S2. The number of nitrogens with zero attached hydrogens (tertiary/aromatic N) is 4. The molecule has 0 aliphatic carbocycles. The molecule has 10 aromatic carbocycles. The Labute approximate surface area is 451 Å². The van der Waals surface area contributed by atoms with Gasteiger partial charge in [-0.3, -0.25) is 4.99 Å². The number of aliphatic imine (C=N–C) groups is 1. The van der Waals surface area contributed by atoms with Crippen molar-refractivity contribution >= 4 is 102 Å². The molecule has 0 saturated carbocycles. The van der Waals surface area contributed by atoms with Crippen LogP contribution in [0.1, 0.15) is 28.4 Å². The lowest BCUT2D eigenvalue weighted by Gasteiger charge is -2.25. The van der Waals surface area contributed by atoms with E-state index in [0.29, 0.717) is 5.56 Å². The summed E-state index contributed by atoms with van der Waals surface area (Å²) in [7, 11) is 0. The molecule has 3 N–H and O–H groups in total. The Kier molecular flexibility index (Phi) is 10.4. The molecule has 4 aromatic heterocycles. The maximum atomic E-state index is 9.58. The van der Waals surface area contributed by atoms with E-state index in [0.717, 1.165) is 89.2 Å². The van der Waals surface area contributed by atoms with Gasteiger partial charge in [-0.1, -0.05) is 97.1 Å². The van der Waals surface area contributed by atoms with Crippen LogP contribution in [0, 0.1) is 11.3 Å². The van der Waals surface area contributed by atoms with Crippen LogP contribution in [0.15, 0.2) is 248 Å². The number of hydrogen-bond acceptors (Lipinski definition) is 6. The summed E-state index contributed by atoms with van der Waals surface area (Å²) in [6.45, 7) is 0. The molecule has 6 nitrogen and oxygen atoms in total. The van der Waals surface area contributed by atoms with Crippen molar-refractivity contribution in [3.63, 3.8) is 0 Å². The number of benzene rings is 10. The van der Waals surface area contributed by atoms with E-state index in [1.165, 1.54) is 51.5 Å². The van der Waals surface area contributed by atoms with E-state index < -0.39 is 0 Å². The zero-order valence-corrected chi connectivity index (χ0v) is 43.0. The zero-order valence-electron chi connectivity index (χ0n) is 41.4. The Bertz CT molecular complexity index is 4800. The van der Waals surface area contributed by atoms with Gasteiger partial charge < -0.3 is 20.2 Å². The second-order valence-corrected chi connectivity index (χ2v) is 22.0. The lowest BCUT2D eigenvalue weighted by Crippen LogP contribution is -2.24. The quantitative estimate of drug-likeness (QED) is 0.149. The number of rotatable bonds is 8. The molecule has 5 heterocycles. The molecule has 1 unspecified atom stereocenters. The SMILES string of the molecule is N#Cc1ccc2c(ccn2-c2ccc3sc4ccc(-c5cc(C6=NC(c7ccccc7)NC(c7ccc(-c8ccccc8)cc7)=C6)cc(-c6ccc7sc8ccc(-n9ccc%10cc(N)ccc%109)cc8c7c6)c5)cc4c3c2)c1.